The standard InChI is InChI=1S/C12H18N4O4/c1-8(2)20-10-5-4-9(14-15-10)13-12(19)16(3)7-6-11(17)18/h4-5,8H,6-7H2,1-3H3,(H,17,18)(H,13,14,19). The van der Waals surface area contributed by atoms with Crippen molar-refractivity contribution in [1.82, 2.24) is 15.1 Å². The largest absolute Gasteiger partial charge is 0.481 e. The van der Waals surface area contributed by atoms with Crippen molar-refractivity contribution in [3.05, 3.63) is 12.1 Å². The molecule has 0 aliphatic carbocycles. The third-order valence-corrected chi connectivity index (χ3v) is 2.24. The summed E-state index contributed by atoms with van der Waals surface area (Å²) in [6, 6.07) is 2.71. The van der Waals surface area contributed by atoms with Gasteiger partial charge in [-0.15, -0.1) is 10.2 Å². The molecule has 110 valence electrons. The Hall–Kier alpha value is -2.38. The summed E-state index contributed by atoms with van der Waals surface area (Å²) in [4.78, 5) is 23.4. The third-order valence-electron chi connectivity index (χ3n) is 2.24. The van der Waals surface area contributed by atoms with Crippen LogP contribution in [0.2, 0.25) is 0 Å². The van der Waals surface area contributed by atoms with Gasteiger partial charge in [-0.25, -0.2) is 4.79 Å². The van der Waals surface area contributed by atoms with Crippen molar-refractivity contribution in [2.75, 3.05) is 18.9 Å². The highest BCUT2D eigenvalue weighted by atomic mass is 16.5. The number of nitrogens with zero attached hydrogens (tertiary/aromatic N) is 3. The summed E-state index contributed by atoms with van der Waals surface area (Å²) in [6.07, 6.45) is -0.122. The first kappa shape index (κ1) is 15.7. The predicted octanol–water partition coefficient (Wildman–Crippen LogP) is 1.20. The van der Waals surface area contributed by atoms with Gasteiger partial charge in [-0.05, 0) is 19.9 Å². The molecule has 1 aromatic rings. The van der Waals surface area contributed by atoms with Crippen LogP contribution in [0.3, 0.4) is 0 Å². The van der Waals surface area contributed by atoms with Gasteiger partial charge in [-0.3, -0.25) is 10.1 Å². The molecule has 2 amide bonds. The van der Waals surface area contributed by atoms with E-state index in [0.717, 1.165) is 0 Å². The first-order valence-corrected chi connectivity index (χ1v) is 6.12. The Morgan fingerprint density at radius 2 is 2.10 bits per heavy atom. The van der Waals surface area contributed by atoms with Crippen LogP contribution in [0.25, 0.3) is 0 Å². The van der Waals surface area contributed by atoms with Crippen molar-refractivity contribution in [2.24, 2.45) is 0 Å². The van der Waals surface area contributed by atoms with Crippen LogP contribution in [0.5, 0.6) is 5.88 Å². The number of rotatable bonds is 6. The van der Waals surface area contributed by atoms with E-state index in [-0.39, 0.29) is 24.9 Å². The van der Waals surface area contributed by atoms with Gasteiger partial charge in [-0.2, -0.15) is 0 Å². The lowest BCUT2D eigenvalue weighted by molar-refractivity contribution is -0.137. The van der Waals surface area contributed by atoms with Gasteiger partial charge in [-0.1, -0.05) is 0 Å². The molecule has 1 heterocycles. The number of ether oxygens (including phenoxy) is 1. The first-order valence-electron chi connectivity index (χ1n) is 6.12. The molecule has 0 spiro atoms. The number of urea groups is 1. The Labute approximate surface area is 116 Å². The Balaban J connectivity index is 2.51. The van der Waals surface area contributed by atoms with Crippen molar-refractivity contribution < 1.29 is 19.4 Å². The summed E-state index contributed by atoms with van der Waals surface area (Å²) < 4.78 is 5.32. The summed E-state index contributed by atoms with van der Waals surface area (Å²) in [5.74, 6) is -0.315. The van der Waals surface area contributed by atoms with Gasteiger partial charge in [0.05, 0.1) is 12.5 Å². The Morgan fingerprint density at radius 3 is 2.60 bits per heavy atom. The number of hydrogen-bond donors (Lipinski definition) is 2. The van der Waals surface area contributed by atoms with E-state index in [2.05, 4.69) is 15.5 Å². The van der Waals surface area contributed by atoms with Crippen LogP contribution in [0.1, 0.15) is 20.3 Å². The molecule has 8 nitrogen and oxygen atoms in total. The maximum atomic E-state index is 11.7. The molecule has 0 saturated carbocycles. The quantitative estimate of drug-likeness (QED) is 0.812. The van der Waals surface area contributed by atoms with Crippen LogP contribution in [0.15, 0.2) is 12.1 Å². The van der Waals surface area contributed by atoms with Crippen LogP contribution in [0.4, 0.5) is 10.6 Å². The number of hydrogen-bond acceptors (Lipinski definition) is 5. The molecule has 1 rings (SSSR count). The number of anilines is 1. The summed E-state index contributed by atoms with van der Waals surface area (Å²) in [7, 11) is 1.50. The van der Waals surface area contributed by atoms with Crippen LogP contribution in [0, 0.1) is 0 Å². The number of carboxylic acids is 1. The van der Waals surface area contributed by atoms with E-state index in [1.54, 1.807) is 12.1 Å². The molecule has 0 aliphatic heterocycles. The Kier molecular flexibility index (Phi) is 5.70. The molecule has 0 saturated heterocycles. The van der Waals surface area contributed by atoms with E-state index in [1.807, 2.05) is 13.8 Å². The van der Waals surface area contributed by atoms with E-state index >= 15 is 0 Å². The van der Waals surface area contributed by atoms with Gasteiger partial charge < -0.3 is 14.7 Å². The fraction of sp³-hybridized carbons (Fsp3) is 0.500. The molecule has 0 aromatic carbocycles. The van der Waals surface area contributed by atoms with E-state index in [9.17, 15) is 9.59 Å². The molecular weight excluding hydrogens is 264 g/mol. The molecule has 20 heavy (non-hydrogen) atoms. The fourth-order valence-electron chi connectivity index (χ4n) is 1.26. The molecule has 0 aliphatic rings. The summed E-state index contributed by atoms with van der Waals surface area (Å²) in [5.41, 5.74) is 0. The number of aliphatic carboxylic acids is 1. The van der Waals surface area contributed by atoms with Crippen LogP contribution < -0.4 is 10.1 Å². The number of aromatic nitrogens is 2. The predicted molar refractivity (Wildman–Crippen MR) is 71.7 cm³/mol. The smallest absolute Gasteiger partial charge is 0.322 e. The van der Waals surface area contributed by atoms with Gasteiger partial charge >= 0.3 is 12.0 Å². The molecule has 0 atom stereocenters. The van der Waals surface area contributed by atoms with E-state index in [0.29, 0.717) is 5.88 Å². The number of nitrogens with one attached hydrogen (secondary N) is 1. The van der Waals surface area contributed by atoms with Gasteiger partial charge in [0.15, 0.2) is 5.82 Å². The summed E-state index contributed by atoms with van der Waals surface area (Å²) in [5, 5.41) is 18.7. The van der Waals surface area contributed by atoms with E-state index in [1.165, 1.54) is 11.9 Å². The highest BCUT2D eigenvalue weighted by molar-refractivity contribution is 5.88. The summed E-state index contributed by atoms with van der Waals surface area (Å²) >= 11 is 0. The molecular formula is C12H18N4O4. The zero-order valence-electron chi connectivity index (χ0n) is 11.7. The van der Waals surface area contributed by atoms with Crippen molar-refractivity contribution in [3.63, 3.8) is 0 Å². The zero-order chi connectivity index (χ0) is 15.1. The van der Waals surface area contributed by atoms with Gasteiger partial charge in [0.25, 0.3) is 0 Å². The lowest BCUT2D eigenvalue weighted by Crippen LogP contribution is -2.33. The Bertz CT molecular complexity index is 461. The van der Waals surface area contributed by atoms with Crippen LogP contribution in [-0.4, -0.2) is 51.9 Å². The lowest BCUT2D eigenvalue weighted by atomic mass is 10.4. The minimum Gasteiger partial charge on any atom is -0.481 e. The molecule has 0 unspecified atom stereocenters. The molecule has 1 aromatic heterocycles. The lowest BCUT2D eigenvalue weighted by Gasteiger charge is -2.16. The van der Waals surface area contributed by atoms with Crippen molar-refractivity contribution in [3.8, 4) is 5.88 Å². The highest BCUT2D eigenvalue weighted by Gasteiger charge is 2.11. The van der Waals surface area contributed by atoms with Gasteiger partial charge in [0.2, 0.25) is 5.88 Å². The molecule has 0 fully saturated rings. The Morgan fingerprint density at radius 1 is 1.40 bits per heavy atom. The topological polar surface area (TPSA) is 105 Å². The van der Waals surface area contributed by atoms with Gasteiger partial charge in [0.1, 0.15) is 0 Å². The SMILES string of the molecule is CC(C)Oc1ccc(NC(=O)N(C)CCC(=O)O)nn1. The van der Waals surface area contributed by atoms with E-state index < -0.39 is 12.0 Å². The minimum atomic E-state index is -0.959. The van der Waals surface area contributed by atoms with Crippen LogP contribution >= 0.6 is 0 Å². The fourth-order valence-corrected chi connectivity index (χ4v) is 1.26. The minimum absolute atomic E-state index is 0.00751. The van der Waals surface area contributed by atoms with Crippen molar-refractivity contribution >= 4 is 17.8 Å². The van der Waals surface area contributed by atoms with Gasteiger partial charge in [0, 0.05) is 19.7 Å². The molecule has 0 radical (unpaired) electrons. The second-order valence-corrected chi connectivity index (χ2v) is 4.42. The third kappa shape index (κ3) is 5.51. The first-order chi connectivity index (χ1) is 9.38. The second kappa shape index (κ2) is 7.27. The number of carbonyl (C=O) groups is 2. The number of carboxylic acid groups (broad SMARTS) is 1. The normalized spacial score (nSPS) is 10.2. The van der Waals surface area contributed by atoms with Crippen molar-refractivity contribution in [2.45, 2.75) is 26.4 Å². The highest BCUT2D eigenvalue weighted by Crippen LogP contribution is 2.10. The maximum Gasteiger partial charge on any atom is 0.322 e. The average molecular weight is 282 g/mol. The average Bonchev–Trinajstić information content (AvgIpc) is 2.37. The molecule has 8 heteroatoms. The van der Waals surface area contributed by atoms with Crippen molar-refractivity contribution in [1.29, 1.82) is 0 Å². The molecule has 2 N–H and O–H groups in total. The number of carbonyl (C=O) groups excluding carboxylic acids is 1. The number of amides is 2. The second-order valence-electron chi connectivity index (χ2n) is 4.42. The van der Waals surface area contributed by atoms with Crippen LogP contribution in [-0.2, 0) is 4.79 Å². The summed E-state index contributed by atoms with van der Waals surface area (Å²) in [6.45, 7) is 3.85. The monoisotopic (exact) mass is 282 g/mol. The molecule has 0 bridgehead atoms. The maximum absolute atomic E-state index is 11.7. The zero-order valence-corrected chi connectivity index (χ0v) is 11.7. The van der Waals surface area contributed by atoms with E-state index in [4.69, 9.17) is 9.84 Å².